The van der Waals surface area contributed by atoms with Gasteiger partial charge in [0.2, 0.25) is 0 Å². The highest BCUT2D eigenvalue weighted by Gasteiger charge is 2.40. The number of aliphatic imine (C=N–C) groups is 1. The monoisotopic (exact) mass is 466 g/mol. The summed E-state index contributed by atoms with van der Waals surface area (Å²) >= 11 is 5.63. The first kappa shape index (κ1) is 22.9. The summed E-state index contributed by atoms with van der Waals surface area (Å²) in [6, 6.07) is 4.57. The lowest BCUT2D eigenvalue weighted by Crippen LogP contribution is -2.47. The van der Waals surface area contributed by atoms with Crippen molar-refractivity contribution in [2.45, 2.75) is 24.9 Å². The van der Waals surface area contributed by atoms with Crippen LogP contribution >= 0.6 is 11.6 Å². The van der Waals surface area contributed by atoms with Crippen LogP contribution in [0.15, 0.2) is 47.1 Å². The lowest BCUT2D eigenvalue weighted by atomic mass is 9.91. The smallest absolute Gasteiger partial charge is 0.397 e. The summed E-state index contributed by atoms with van der Waals surface area (Å²) in [5.41, 5.74) is 6.64. The molecule has 0 fully saturated rings. The van der Waals surface area contributed by atoms with Crippen molar-refractivity contribution in [1.82, 2.24) is 5.32 Å². The Morgan fingerprint density at radius 2 is 1.65 bits per heavy atom. The summed E-state index contributed by atoms with van der Waals surface area (Å²) in [6.07, 6.45) is -9.57. The molecule has 2 aromatic rings. The number of benzene rings is 2. The highest BCUT2D eigenvalue weighted by Crippen LogP contribution is 2.40. The van der Waals surface area contributed by atoms with Crippen molar-refractivity contribution >= 4 is 23.1 Å². The summed E-state index contributed by atoms with van der Waals surface area (Å²) in [5.74, 6) is -1.21. The fourth-order valence-corrected chi connectivity index (χ4v) is 3.32. The average Bonchev–Trinajstić information content (AvgIpc) is 2.63. The van der Waals surface area contributed by atoms with E-state index in [0.717, 1.165) is 12.1 Å². The summed E-state index contributed by atoms with van der Waals surface area (Å²) in [5, 5.41) is 2.04. The Labute approximate surface area is 176 Å². The fraction of sp³-hybridized carbons (Fsp3) is 0.211. The first-order chi connectivity index (χ1) is 14.1. The first-order valence-corrected chi connectivity index (χ1v) is 8.89. The largest absolute Gasteiger partial charge is 0.417 e. The van der Waals surface area contributed by atoms with Gasteiger partial charge in [-0.15, -0.1) is 0 Å². The second kappa shape index (κ2) is 7.41. The fourth-order valence-electron chi connectivity index (χ4n) is 3.10. The van der Waals surface area contributed by atoms with Crippen LogP contribution in [0.2, 0.25) is 5.02 Å². The van der Waals surface area contributed by atoms with Crippen LogP contribution in [0.25, 0.3) is 5.70 Å². The molecule has 0 saturated heterocycles. The molecule has 166 valence electrons. The summed E-state index contributed by atoms with van der Waals surface area (Å²) in [6.45, 7) is 1.39. The Kier molecular flexibility index (Phi) is 5.47. The minimum atomic E-state index is -4.80. The van der Waals surface area contributed by atoms with E-state index in [1.807, 2.05) is 0 Å². The van der Waals surface area contributed by atoms with Crippen molar-refractivity contribution in [1.29, 1.82) is 0 Å². The van der Waals surface area contributed by atoms with Gasteiger partial charge in [-0.3, -0.25) is 5.73 Å². The lowest BCUT2D eigenvalue weighted by molar-refractivity contribution is -0.138. The molecule has 1 unspecified atom stereocenters. The van der Waals surface area contributed by atoms with Gasteiger partial charge in [0.1, 0.15) is 11.7 Å². The van der Waals surface area contributed by atoms with E-state index in [2.05, 4.69) is 10.3 Å². The highest BCUT2D eigenvalue weighted by atomic mass is 35.5. The van der Waals surface area contributed by atoms with E-state index in [4.69, 9.17) is 23.1 Å². The maximum absolute atomic E-state index is 14.5. The van der Waals surface area contributed by atoms with Crippen LogP contribution in [0.3, 0.4) is 0 Å². The molecule has 0 aliphatic carbocycles. The van der Waals surface area contributed by atoms with Gasteiger partial charge in [0.15, 0.2) is 5.66 Å². The van der Waals surface area contributed by atoms with E-state index in [-0.39, 0.29) is 28.7 Å². The number of halogens is 8. The topological polar surface area (TPSA) is 76.4 Å². The number of nitrogens with one attached hydrogen (secondary N) is 1. The third kappa shape index (κ3) is 4.19. The van der Waals surface area contributed by atoms with Gasteiger partial charge in [0.25, 0.3) is 0 Å². The molecule has 0 saturated carbocycles. The molecular weight excluding hydrogens is 453 g/mol. The van der Waals surface area contributed by atoms with Gasteiger partial charge in [0, 0.05) is 11.1 Å². The van der Waals surface area contributed by atoms with Gasteiger partial charge in [-0.2, -0.15) is 26.3 Å². The minimum absolute atomic E-state index is 0.0505. The maximum Gasteiger partial charge on any atom is 0.417 e. The third-order valence-corrected chi connectivity index (χ3v) is 4.94. The predicted molar refractivity (Wildman–Crippen MR) is 101 cm³/mol. The van der Waals surface area contributed by atoms with Crippen molar-refractivity contribution in [3.05, 3.63) is 75.2 Å². The number of nitrogens with zero attached hydrogens (tertiary/aromatic N) is 1. The number of hydrogen-bond donors (Lipinski definition) is 3. The second-order valence-electron chi connectivity index (χ2n) is 6.76. The van der Waals surface area contributed by atoms with Crippen molar-refractivity contribution in [2.24, 2.45) is 16.5 Å². The van der Waals surface area contributed by atoms with E-state index in [1.54, 1.807) is 0 Å². The van der Waals surface area contributed by atoms with Crippen molar-refractivity contribution < 1.29 is 30.7 Å². The number of nitrogens with two attached hydrogens (primary N) is 2. The summed E-state index contributed by atoms with van der Waals surface area (Å²) < 4.78 is 92.8. The molecule has 0 bridgehead atoms. The van der Waals surface area contributed by atoms with Crippen molar-refractivity contribution in [2.75, 3.05) is 0 Å². The molecule has 0 aromatic heterocycles. The number of hydrogen-bond acceptors (Lipinski definition) is 4. The van der Waals surface area contributed by atoms with Crippen molar-refractivity contribution in [3.63, 3.8) is 0 Å². The molecule has 2 aromatic carbocycles. The molecule has 0 amide bonds. The van der Waals surface area contributed by atoms with Crippen LogP contribution in [-0.4, -0.2) is 5.84 Å². The molecule has 1 heterocycles. The Morgan fingerprint density at radius 3 is 2.19 bits per heavy atom. The third-order valence-electron chi connectivity index (χ3n) is 4.61. The predicted octanol–water partition coefficient (Wildman–Crippen LogP) is 4.98. The van der Waals surface area contributed by atoms with Gasteiger partial charge < -0.3 is 11.1 Å². The highest BCUT2D eigenvalue weighted by molar-refractivity contribution is 6.31. The van der Waals surface area contributed by atoms with Gasteiger partial charge >= 0.3 is 12.4 Å². The van der Waals surface area contributed by atoms with Gasteiger partial charge in [-0.25, -0.2) is 9.38 Å². The number of amidine groups is 1. The summed E-state index contributed by atoms with van der Waals surface area (Å²) in [4.78, 5) is 4.07. The normalized spacial score (nSPS) is 19.9. The lowest BCUT2D eigenvalue weighted by Gasteiger charge is -2.34. The number of alkyl halides is 6. The Bertz CT molecular complexity index is 1110. The Balaban J connectivity index is 2.18. The van der Waals surface area contributed by atoms with Crippen molar-refractivity contribution in [3.8, 4) is 0 Å². The second-order valence-corrected chi connectivity index (χ2v) is 7.17. The zero-order valence-electron chi connectivity index (χ0n) is 15.6. The van der Waals surface area contributed by atoms with Gasteiger partial charge in [-0.1, -0.05) is 17.7 Å². The molecule has 3 rings (SSSR count). The molecule has 12 heteroatoms. The molecule has 0 spiro atoms. The van der Waals surface area contributed by atoms with E-state index < -0.39 is 45.7 Å². The molecule has 1 atom stereocenters. The van der Waals surface area contributed by atoms with Gasteiger partial charge in [-0.05, 0) is 37.3 Å². The molecule has 1 aliphatic heterocycles. The van der Waals surface area contributed by atoms with E-state index in [0.29, 0.717) is 12.1 Å². The van der Waals surface area contributed by atoms with E-state index >= 15 is 0 Å². The molecular formula is C19H14ClF7N4. The van der Waals surface area contributed by atoms with E-state index in [9.17, 15) is 30.7 Å². The standard InChI is InChI=1S/C19H14ClF7N4/c1-8-30-15(11-4-2-10(7-14(11)21)18(22,23)24)16(28)17(29,31-8)9-3-5-13(20)12(6-9)19(25,26)27/h2-7H,28-29H2,1H3,(H,30,31). The average molecular weight is 467 g/mol. The molecule has 31 heavy (non-hydrogen) atoms. The molecule has 5 N–H and O–H groups in total. The van der Waals surface area contributed by atoms with Crippen LogP contribution in [0, 0.1) is 5.82 Å². The zero-order valence-corrected chi connectivity index (χ0v) is 16.3. The molecule has 0 radical (unpaired) electrons. The molecule has 1 aliphatic rings. The van der Waals surface area contributed by atoms with Crippen LogP contribution in [0.4, 0.5) is 30.7 Å². The molecule has 4 nitrogen and oxygen atoms in total. The Morgan fingerprint density at radius 1 is 1.00 bits per heavy atom. The van der Waals surface area contributed by atoms with Crippen LogP contribution in [0.5, 0.6) is 0 Å². The van der Waals surface area contributed by atoms with Crippen LogP contribution in [0.1, 0.15) is 29.2 Å². The SMILES string of the molecule is CC1=NC(N)(c2ccc(Cl)c(C(F)(F)F)c2)C(N)=C(c2ccc(C(F)(F)F)cc2F)N1. The Hall–Kier alpha value is -2.79. The zero-order chi connectivity index (χ0) is 23.4. The maximum atomic E-state index is 14.5. The van der Waals surface area contributed by atoms with Crippen LogP contribution in [-0.2, 0) is 18.0 Å². The quantitative estimate of drug-likeness (QED) is 0.547. The minimum Gasteiger partial charge on any atom is -0.397 e. The van der Waals surface area contributed by atoms with Crippen LogP contribution < -0.4 is 16.8 Å². The first-order valence-electron chi connectivity index (χ1n) is 8.51. The van der Waals surface area contributed by atoms with E-state index in [1.165, 1.54) is 13.0 Å². The van der Waals surface area contributed by atoms with Gasteiger partial charge in [0.05, 0.1) is 27.5 Å². The summed E-state index contributed by atoms with van der Waals surface area (Å²) in [7, 11) is 0. The number of rotatable bonds is 2.